The SMILES string of the molecule is CCC(CC)C(=O)NC1CCC(Oc2ccccn2)CC1. The van der Waals surface area contributed by atoms with Crippen LogP contribution in [0.5, 0.6) is 5.88 Å². The summed E-state index contributed by atoms with van der Waals surface area (Å²) in [5, 5.41) is 3.20. The summed E-state index contributed by atoms with van der Waals surface area (Å²) in [6, 6.07) is 6.02. The molecule has 1 aliphatic carbocycles. The quantitative estimate of drug-likeness (QED) is 0.874. The lowest BCUT2D eigenvalue weighted by atomic mass is 9.92. The normalized spacial score (nSPS) is 22.0. The van der Waals surface area contributed by atoms with Crippen molar-refractivity contribution >= 4 is 5.91 Å². The van der Waals surface area contributed by atoms with Gasteiger partial charge in [-0.05, 0) is 44.6 Å². The van der Waals surface area contributed by atoms with Crippen LogP contribution in [0.1, 0.15) is 52.4 Å². The van der Waals surface area contributed by atoms with Crippen molar-refractivity contribution in [1.82, 2.24) is 10.3 Å². The van der Waals surface area contributed by atoms with Gasteiger partial charge in [-0.15, -0.1) is 0 Å². The van der Waals surface area contributed by atoms with Gasteiger partial charge in [-0.2, -0.15) is 0 Å². The topological polar surface area (TPSA) is 51.2 Å². The zero-order chi connectivity index (χ0) is 15.1. The Balaban J connectivity index is 1.74. The number of nitrogens with zero attached hydrogens (tertiary/aromatic N) is 1. The highest BCUT2D eigenvalue weighted by Crippen LogP contribution is 2.23. The highest BCUT2D eigenvalue weighted by atomic mass is 16.5. The molecule has 0 aliphatic heterocycles. The smallest absolute Gasteiger partial charge is 0.223 e. The maximum Gasteiger partial charge on any atom is 0.223 e. The minimum absolute atomic E-state index is 0.160. The van der Waals surface area contributed by atoms with Crippen molar-refractivity contribution in [2.75, 3.05) is 0 Å². The van der Waals surface area contributed by atoms with Crippen LogP contribution in [-0.2, 0) is 4.79 Å². The molecule has 116 valence electrons. The molecule has 4 nitrogen and oxygen atoms in total. The fourth-order valence-electron chi connectivity index (χ4n) is 2.89. The number of carbonyl (C=O) groups excluding carboxylic acids is 1. The van der Waals surface area contributed by atoms with Crippen molar-refractivity contribution < 1.29 is 9.53 Å². The van der Waals surface area contributed by atoms with E-state index in [1.165, 1.54) is 0 Å². The molecule has 1 aliphatic rings. The number of aromatic nitrogens is 1. The van der Waals surface area contributed by atoms with Crippen LogP contribution >= 0.6 is 0 Å². The molecule has 2 rings (SSSR count). The molecule has 0 aromatic carbocycles. The van der Waals surface area contributed by atoms with Gasteiger partial charge < -0.3 is 10.1 Å². The first kappa shape index (κ1) is 15.8. The van der Waals surface area contributed by atoms with Gasteiger partial charge in [0.05, 0.1) is 0 Å². The van der Waals surface area contributed by atoms with Crippen molar-refractivity contribution in [3.63, 3.8) is 0 Å². The second-order valence-electron chi connectivity index (χ2n) is 5.78. The van der Waals surface area contributed by atoms with E-state index in [0.717, 1.165) is 38.5 Å². The standard InChI is InChI=1S/C17H26N2O2/c1-3-13(4-2)17(20)19-14-8-10-15(11-9-14)21-16-7-5-6-12-18-16/h5-7,12-15H,3-4,8-11H2,1-2H3,(H,19,20). The lowest BCUT2D eigenvalue weighted by molar-refractivity contribution is -0.126. The molecule has 1 N–H and O–H groups in total. The molecule has 1 fully saturated rings. The van der Waals surface area contributed by atoms with Crippen LogP contribution in [0, 0.1) is 5.92 Å². The van der Waals surface area contributed by atoms with Crippen LogP contribution in [0.2, 0.25) is 0 Å². The molecule has 0 radical (unpaired) electrons. The molecule has 1 aromatic rings. The van der Waals surface area contributed by atoms with Gasteiger partial charge in [0.25, 0.3) is 0 Å². The minimum atomic E-state index is 0.160. The Bertz CT molecular complexity index is 424. The summed E-state index contributed by atoms with van der Waals surface area (Å²) in [4.78, 5) is 16.3. The molecule has 0 atom stereocenters. The number of hydrogen-bond donors (Lipinski definition) is 1. The summed E-state index contributed by atoms with van der Waals surface area (Å²) in [6.45, 7) is 4.15. The summed E-state index contributed by atoms with van der Waals surface area (Å²) >= 11 is 0. The molecule has 21 heavy (non-hydrogen) atoms. The molecular weight excluding hydrogens is 264 g/mol. The van der Waals surface area contributed by atoms with E-state index in [1.807, 2.05) is 18.2 Å². The summed E-state index contributed by atoms with van der Waals surface area (Å²) in [7, 11) is 0. The van der Waals surface area contributed by atoms with Gasteiger partial charge in [-0.25, -0.2) is 4.98 Å². The molecule has 0 saturated heterocycles. The van der Waals surface area contributed by atoms with Gasteiger partial charge >= 0.3 is 0 Å². The summed E-state index contributed by atoms with van der Waals surface area (Å²) in [5.74, 6) is 1.07. The van der Waals surface area contributed by atoms with E-state index in [4.69, 9.17) is 4.74 Å². The lowest BCUT2D eigenvalue weighted by Crippen LogP contribution is -2.42. The molecule has 0 spiro atoms. The van der Waals surface area contributed by atoms with E-state index in [1.54, 1.807) is 6.20 Å². The molecule has 1 saturated carbocycles. The number of hydrogen-bond acceptors (Lipinski definition) is 3. The highest BCUT2D eigenvalue weighted by molar-refractivity contribution is 5.78. The number of amides is 1. The molecular formula is C17H26N2O2. The third-order valence-corrected chi connectivity index (χ3v) is 4.30. The van der Waals surface area contributed by atoms with E-state index in [9.17, 15) is 4.79 Å². The third kappa shape index (κ3) is 4.73. The van der Waals surface area contributed by atoms with Crippen LogP contribution in [-0.4, -0.2) is 23.0 Å². The molecule has 1 amide bonds. The summed E-state index contributed by atoms with van der Waals surface area (Å²) < 4.78 is 5.87. The first-order valence-corrected chi connectivity index (χ1v) is 8.11. The van der Waals surface area contributed by atoms with Crippen molar-refractivity contribution in [1.29, 1.82) is 0 Å². The van der Waals surface area contributed by atoms with E-state index in [2.05, 4.69) is 24.1 Å². The van der Waals surface area contributed by atoms with Gasteiger partial charge in [0.2, 0.25) is 11.8 Å². The Morgan fingerprint density at radius 2 is 2.00 bits per heavy atom. The Morgan fingerprint density at radius 1 is 1.29 bits per heavy atom. The van der Waals surface area contributed by atoms with E-state index in [-0.39, 0.29) is 17.9 Å². The van der Waals surface area contributed by atoms with Crippen molar-refractivity contribution in [2.45, 2.75) is 64.5 Å². The van der Waals surface area contributed by atoms with Crippen LogP contribution in [0.25, 0.3) is 0 Å². The Morgan fingerprint density at radius 3 is 2.57 bits per heavy atom. The van der Waals surface area contributed by atoms with E-state index < -0.39 is 0 Å². The van der Waals surface area contributed by atoms with Gasteiger partial charge in [-0.1, -0.05) is 19.9 Å². The number of ether oxygens (including phenoxy) is 1. The molecule has 0 unspecified atom stereocenters. The average molecular weight is 290 g/mol. The number of nitrogens with one attached hydrogen (secondary N) is 1. The van der Waals surface area contributed by atoms with Gasteiger partial charge in [0, 0.05) is 24.2 Å². The van der Waals surface area contributed by atoms with Crippen molar-refractivity contribution in [3.05, 3.63) is 24.4 Å². The van der Waals surface area contributed by atoms with E-state index in [0.29, 0.717) is 11.9 Å². The second kappa shape index (κ2) is 8.01. The molecule has 4 heteroatoms. The Kier molecular flexibility index (Phi) is 6.03. The van der Waals surface area contributed by atoms with Crippen LogP contribution in [0.4, 0.5) is 0 Å². The summed E-state index contributed by atoms with van der Waals surface area (Å²) in [6.07, 6.45) is 7.74. The zero-order valence-electron chi connectivity index (χ0n) is 13.0. The van der Waals surface area contributed by atoms with Gasteiger partial charge in [0.15, 0.2) is 0 Å². The fourth-order valence-corrected chi connectivity index (χ4v) is 2.89. The predicted molar refractivity (Wildman–Crippen MR) is 83.1 cm³/mol. The Hall–Kier alpha value is -1.58. The minimum Gasteiger partial charge on any atom is -0.474 e. The number of rotatable bonds is 6. The first-order valence-electron chi connectivity index (χ1n) is 8.11. The maximum absolute atomic E-state index is 12.1. The highest BCUT2D eigenvalue weighted by Gasteiger charge is 2.25. The van der Waals surface area contributed by atoms with Gasteiger partial charge in [-0.3, -0.25) is 4.79 Å². The molecule has 1 aromatic heterocycles. The monoisotopic (exact) mass is 290 g/mol. The second-order valence-corrected chi connectivity index (χ2v) is 5.78. The number of carbonyl (C=O) groups is 1. The van der Waals surface area contributed by atoms with Gasteiger partial charge in [0.1, 0.15) is 6.10 Å². The molecule has 1 heterocycles. The Labute approximate surface area is 127 Å². The van der Waals surface area contributed by atoms with Crippen LogP contribution in [0.15, 0.2) is 24.4 Å². The fraction of sp³-hybridized carbons (Fsp3) is 0.647. The van der Waals surface area contributed by atoms with Crippen LogP contribution in [0.3, 0.4) is 0 Å². The largest absolute Gasteiger partial charge is 0.474 e. The predicted octanol–water partition coefficient (Wildman–Crippen LogP) is 3.32. The average Bonchev–Trinajstić information content (AvgIpc) is 2.51. The number of pyridine rings is 1. The maximum atomic E-state index is 12.1. The third-order valence-electron chi connectivity index (χ3n) is 4.30. The van der Waals surface area contributed by atoms with E-state index >= 15 is 0 Å². The molecule has 0 bridgehead atoms. The van der Waals surface area contributed by atoms with Crippen molar-refractivity contribution in [2.24, 2.45) is 5.92 Å². The zero-order valence-corrected chi connectivity index (χ0v) is 13.0. The lowest BCUT2D eigenvalue weighted by Gasteiger charge is -2.30. The first-order chi connectivity index (χ1) is 10.2. The van der Waals surface area contributed by atoms with Crippen molar-refractivity contribution in [3.8, 4) is 5.88 Å². The van der Waals surface area contributed by atoms with Crippen LogP contribution < -0.4 is 10.1 Å². The summed E-state index contributed by atoms with van der Waals surface area (Å²) in [5.41, 5.74) is 0.